The van der Waals surface area contributed by atoms with Crippen LogP contribution in [-0.4, -0.2) is 29.8 Å². The molecular weight excluding hydrogens is 298 g/mol. The van der Waals surface area contributed by atoms with Gasteiger partial charge in [0.15, 0.2) is 0 Å². The number of nitrogen functional groups attached to an aromatic ring is 1. The predicted molar refractivity (Wildman–Crippen MR) is 95.0 cm³/mol. The van der Waals surface area contributed by atoms with E-state index in [1.807, 2.05) is 41.5 Å². The first kappa shape index (κ1) is 23.6. The van der Waals surface area contributed by atoms with Crippen LogP contribution < -0.4 is 5.73 Å². The first-order valence-corrected chi connectivity index (χ1v) is 8.51. The molecule has 1 aromatic rings. The largest absolute Gasteiger partial charge is 0.399 e. The minimum Gasteiger partial charge on any atom is -0.399 e. The third-order valence-corrected chi connectivity index (χ3v) is 2.94. The SMILES string of the molecule is CC.CC.CC.Nc1ccc(C(=O)N2CCC(F)(F)CC2)cc1. The van der Waals surface area contributed by atoms with Crippen LogP contribution in [0.4, 0.5) is 14.5 Å². The van der Waals surface area contributed by atoms with Gasteiger partial charge in [0, 0.05) is 37.2 Å². The third-order valence-electron chi connectivity index (χ3n) is 2.94. The lowest BCUT2D eigenvalue weighted by molar-refractivity contribution is -0.0494. The van der Waals surface area contributed by atoms with Crippen LogP contribution in [-0.2, 0) is 0 Å². The lowest BCUT2D eigenvalue weighted by atomic mass is 10.1. The maximum atomic E-state index is 12.9. The minimum atomic E-state index is -2.63. The zero-order valence-corrected chi connectivity index (χ0v) is 15.3. The van der Waals surface area contributed by atoms with E-state index in [1.54, 1.807) is 24.3 Å². The average Bonchev–Trinajstić information content (AvgIpc) is 2.60. The van der Waals surface area contributed by atoms with Crippen LogP contribution in [0.15, 0.2) is 24.3 Å². The summed E-state index contributed by atoms with van der Waals surface area (Å²) in [7, 11) is 0. The zero-order valence-electron chi connectivity index (χ0n) is 15.3. The van der Waals surface area contributed by atoms with Gasteiger partial charge in [-0.1, -0.05) is 41.5 Å². The van der Waals surface area contributed by atoms with E-state index in [9.17, 15) is 13.6 Å². The quantitative estimate of drug-likeness (QED) is 0.718. The number of hydrogen-bond donors (Lipinski definition) is 1. The van der Waals surface area contributed by atoms with E-state index in [0.29, 0.717) is 11.3 Å². The molecule has 23 heavy (non-hydrogen) atoms. The van der Waals surface area contributed by atoms with Crippen LogP contribution >= 0.6 is 0 Å². The number of piperidine rings is 1. The summed E-state index contributed by atoms with van der Waals surface area (Å²) in [6.45, 7) is 12.2. The van der Waals surface area contributed by atoms with E-state index in [4.69, 9.17) is 5.73 Å². The van der Waals surface area contributed by atoms with Crippen molar-refractivity contribution < 1.29 is 13.6 Å². The number of hydrogen-bond acceptors (Lipinski definition) is 2. The molecule has 0 aliphatic carbocycles. The Labute approximate surface area is 139 Å². The molecule has 134 valence electrons. The van der Waals surface area contributed by atoms with Gasteiger partial charge in [-0.15, -0.1) is 0 Å². The summed E-state index contributed by atoms with van der Waals surface area (Å²) in [5.74, 6) is -2.83. The number of nitrogens with two attached hydrogens (primary N) is 1. The first-order chi connectivity index (χ1) is 11.0. The standard InChI is InChI=1S/C12H14F2N2O.3C2H6/c13-12(14)5-7-16(8-6-12)11(17)9-1-3-10(15)4-2-9;3*1-2/h1-4H,5-8,15H2;3*1-2H3. The second-order valence-corrected chi connectivity index (χ2v) is 4.27. The van der Waals surface area contributed by atoms with E-state index in [-0.39, 0.29) is 31.8 Å². The van der Waals surface area contributed by atoms with Gasteiger partial charge in [-0.25, -0.2) is 8.78 Å². The Balaban J connectivity index is 0. The number of halogens is 2. The molecule has 1 aliphatic heterocycles. The number of amides is 1. The summed E-state index contributed by atoms with van der Waals surface area (Å²) >= 11 is 0. The van der Waals surface area contributed by atoms with Gasteiger partial charge in [-0.2, -0.15) is 0 Å². The molecule has 1 fully saturated rings. The number of rotatable bonds is 1. The van der Waals surface area contributed by atoms with E-state index in [2.05, 4.69) is 0 Å². The summed E-state index contributed by atoms with van der Waals surface area (Å²) < 4.78 is 25.9. The molecule has 1 heterocycles. The van der Waals surface area contributed by atoms with Crippen molar-refractivity contribution in [1.82, 2.24) is 4.90 Å². The number of nitrogens with zero attached hydrogens (tertiary/aromatic N) is 1. The zero-order chi connectivity index (χ0) is 18.5. The molecule has 0 bridgehead atoms. The molecule has 1 aliphatic rings. The van der Waals surface area contributed by atoms with Gasteiger partial charge in [0.25, 0.3) is 11.8 Å². The fourth-order valence-electron chi connectivity index (χ4n) is 1.85. The van der Waals surface area contributed by atoms with E-state index in [0.717, 1.165) is 0 Å². The number of benzene rings is 1. The van der Waals surface area contributed by atoms with Crippen molar-refractivity contribution in [2.24, 2.45) is 0 Å². The van der Waals surface area contributed by atoms with E-state index >= 15 is 0 Å². The second-order valence-electron chi connectivity index (χ2n) is 4.27. The molecule has 2 N–H and O–H groups in total. The molecule has 3 nitrogen and oxygen atoms in total. The second kappa shape index (κ2) is 12.9. The van der Waals surface area contributed by atoms with Gasteiger partial charge in [-0.3, -0.25) is 4.79 Å². The lowest BCUT2D eigenvalue weighted by Gasteiger charge is -2.31. The van der Waals surface area contributed by atoms with Crippen molar-refractivity contribution in [3.05, 3.63) is 29.8 Å². The molecule has 0 saturated carbocycles. The van der Waals surface area contributed by atoms with Gasteiger partial charge in [-0.05, 0) is 24.3 Å². The van der Waals surface area contributed by atoms with Crippen molar-refractivity contribution in [3.63, 3.8) is 0 Å². The third kappa shape index (κ3) is 8.53. The van der Waals surface area contributed by atoms with Crippen molar-refractivity contribution in [1.29, 1.82) is 0 Å². The highest BCUT2D eigenvalue weighted by atomic mass is 19.3. The highest BCUT2D eigenvalue weighted by Crippen LogP contribution is 2.28. The molecule has 1 amide bonds. The van der Waals surface area contributed by atoms with E-state index in [1.165, 1.54) is 4.90 Å². The highest BCUT2D eigenvalue weighted by Gasteiger charge is 2.35. The first-order valence-electron chi connectivity index (χ1n) is 8.51. The van der Waals surface area contributed by atoms with Crippen molar-refractivity contribution in [3.8, 4) is 0 Å². The summed E-state index contributed by atoms with van der Waals surface area (Å²) in [4.78, 5) is 13.4. The predicted octanol–water partition coefficient (Wildman–Crippen LogP) is 5.22. The Kier molecular flexibility index (Phi) is 13.2. The molecule has 1 saturated heterocycles. The van der Waals surface area contributed by atoms with Crippen LogP contribution in [0.3, 0.4) is 0 Å². The summed E-state index contributed by atoms with van der Waals surface area (Å²) in [5.41, 5.74) is 6.58. The molecule has 5 heteroatoms. The molecule has 0 spiro atoms. The normalized spacial score (nSPS) is 14.9. The van der Waals surface area contributed by atoms with Crippen molar-refractivity contribution in [2.45, 2.75) is 60.3 Å². The Morgan fingerprint density at radius 1 is 0.957 bits per heavy atom. The number of carbonyl (C=O) groups excluding carboxylic acids is 1. The van der Waals surface area contributed by atoms with Gasteiger partial charge in [0.05, 0.1) is 0 Å². The summed E-state index contributed by atoms with van der Waals surface area (Å²) in [6, 6.07) is 6.49. The van der Waals surface area contributed by atoms with Gasteiger partial charge >= 0.3 is 0 Å². The Morgan fingerprint density at radius 3 is 1.74 bits per heavy atom. The number of carbonyl (C=O) groups is 1. The molecule has 0 atom stereocenters. The van der Waals surface area contributed by atoms with Gasteiger partial charge in [0.1, 0.15) is 0 Å². The van der Waals surface area contributed by atoms with Crippen LogP contribution in [0.2, 0.25) is 0 Å². The van der Waals surface area contributed by atoms with E-state index < -0.39 is 5.92 Å². The number of anilines is 1. The average molecular weight is 330 g/mol. The Bertz CT molecular complexity index is 410. The molecule has 0 aromatic heterocycles. The monoisotopic (exact) mass is 330 g/mol. The number of alkyl halides is 2. The van der Waals surface area contributed by atoms with Crippen LogP contribution in [0.25, 0.3) is 0 Å². The van der Waals surface area contributed by atoms with Crippen LogP contribution in [0.1, 0.15) is 64.7 Å². The topological polar surface area (TPSA) is 46.3 Å². The maximum Gasteiger partial charge on any atom is 0.253 e. The van der Waals surface area contributed by atoms with Gasteiger partial charge in [0.2, 0.25) is 0 Å². The maximum absolute atomic E-state index is 12.9. The van der Waals surface area contributed by atoms with Crippen molar-refractivity contribution >= 4 is 11.6 Å². The molecule has 1 aromatic carbocycles. The Morgan fingerprint density at radius 2 is 1.35 bits per heavy atom. The fourth-order valence-corrected chi connectivity index (χ4v) is 1.85. The van der Waals surface area contributed by atoms with Gasteiger partial charge < -0.3 is 10.6 Å². The van der Waals surface area contributed by atoms with Crippen LogP contribution in [0, 0.1) is 0 Å². The lowest BCUT2D eigenvalue weighted by Crippen LogP contribution is -2.42. The summed E-state index contributed by atoms with van der Waals surface area (Å²) in [6.07, 6.45) is -0.512. The highest BCUT2D eigenvalue weighted by molar-refractivity contribution is 5.94. The molecule has 0 unspecified atom stereocenters. The molecular formula is C18H32F2N2O. The van der Waals surface area contributed by atoms with Crippen molar-refractivity contribution in [2.75, 3.05) is 18.8 Å². The Hall–Kier alpha value is -1.65. The fraction of sp³-hybridized carbons (Fsp3) is 0.611. The number of likely N-dealkylation sites (tertiary alicyclic amines) is 1. The molecule has 2 rings (SSSR count). The molecule has 0 radical (unpaired) electrons. The summed E-state index contributed by atoms with van der Waals surface area (Å²) in [5, 5.41) is 0. The van der Waals surface area contributed by atoms with Crippen LogP contribution in [0.5, 0.6) is 0 Å². The smallest absolute Gasteiger partial charge is 0.253 e. The minimum absolute atomic E-state index is 0.107.